The fourth-order valence-electron chi connectivity index (χ4n) is 2.89. The molecule has 1 atom stereocenters. The molecule has 2 nitrogen and oxygen atoms in total. The monoisotopic (exact) mass is 280 g/mol. The molecular weight excluding hydrogens is 248 g/mol. The molecule has 1 heterocycles. The van der Waals surface area contributed by atoms with Gasteiger partial charge in [-0.2, -0.15) is 0 Å². The third-order valence-electron chi connectivity index (χ3n) is 4.17. The van der Waals surface area contributed by atoms with Crippen LogP contribution in [0.15, 0.2) is 11.6 Å². The zero-order valence-corrected chi connectivity index (χ0v) is 13.5. The average Bonchev–Trinajstić information content (AvgIpc) is 2.81. The molecule has 0 N–H and O–H groups in total. The van der Waals surface area contributed by atoms with Crippen LogP contribution in [-0.4, -0.2) is 12.1 Å². The molecule has 0 fully saturated rings. The van der Waals surface area contributed by atoms with Crippen LogP contribution in [0.1, 0.15) is 90.9 Å². The minimum Gasteiger partial charge on any atom is -0.455 e. The first kappa shape index (κ1) is 17.3. The lowest BCUT2D eigenvalue weighted by molar-refractivity contribution is -0.138. The van der Waals surface area contributed by atoms with Gasteiger partial charge in [0.25, 0.3) is 0 Å². The molecule has 20 heavy (non-hydrogen) atoms. The Labute approximate surface area is 125 Å². The van der Waals surface area contributed by atoms with Gasteiger partial charge in [-0.05, 0) is 24.8 Å². The van der Waals surface area contributed by atoms with E-state index >= 15 is 0 Å². The first-order chi connectivity index (χ1) is 9.77. The molecule has 0 aliphatic carbocycles. The number of unbranched alkanes of at least 4 members (excludes halogenated alkanes) is 9. The highest BCUT2D eigenvalue weighted by molar-refractivity contribution is 5.85. The predicted octanol–water partition coefficient (Wildman–Crippen LogP) is 5.56. The minimum atomic E-state index is -0.140. The number of carbonyl (C=O) groups is 1. The number of rotatable bonds is 12. The maximum Gasteiger partial charge on any atom is 0.331 e. The zero-order chi connectivity index (χ0) is 14.6. The van der Waals surface area contributed by atoms with E-state index in [1.807, 2.05) is 0 Å². The highest BCUT2D eigenvalue weighted by atomic mass is 16.5. The number of esters is 1. The Morgan fingerprint density at radius 3 is 2.00 bits per heavy atom. The summed E-state index contributed by atoms with van der Waals surface area (Å²) in [7, 11) is 0. The number of cyclic esters (lactones) is 1. The molecule has 0 radical (unpaired) electrons. The average molecular weight is 280 g/mol. The molecule has 0 aromatic heterocycles. The summed E-state index contributed by atoms with van der Waals surface area (Å²) in [5.41, 5.74) is 1.22. The normalized spacial score (nSPS) is 18.2. The van der Waals surface area contributed by atoms with Crippen LogP contribution in [0.5, 0.6) is 0 Å². The standard InChI is InChI=1S/C18H32O2/c1-3-5-6-7-8-9-10-11-12-13-14-16-15-18(19)20-17(16)4-2/h15,17H,3-14H2,1-2H3. The van der Waals surface area contributed by atoms with Gasteiger partial charge in [-0.3, -0.25) is 0 Å². The second-order valence-corrected chi connectivity index (χ2v) is 5.99. The van der Waals surface area contributed by atoms with Crippen LogP contribution in [0.25, 0.3) is 0 Å². The summed E-state index contributed by atoms with van der Waals surface area (Å²) in [6.45, 7) is 4.34. The minimum absolute atomic E-state index is 0.0704. The lowest BCUT2D eigenvalue weighted by Gasteiger charge is -2.11. The number of hydrogen-bond donors (Lipinski definition) is 0. The Bertz CT molecular complexity index is 294. The first-order valence-electron chi connectivity index (χ1n) is 8.69. The summed E-state index contributed by atoms with van der Waals surface area (Å²) in [6, 6.07) is 0. The van der Waals surface area contributed by atoms with Gasteiger partial charge in [0.2, 0.25) is 0 Å². The summed E-state index contributed by atoms with van der Waals surface area (Å²) >= 11 is 0. The quantitative estimate of drug-likeness (QED) is 0.345. The van der Waals surface area contributed by atoms with Gasteiger partial charge in [-0.1, -0.05) is 71.6 Å². The Morgan fingerprint density at radius 2 is 1.45 bits per heavy atom. The number of ether oxygens (including phenoxy) is 1. The van der Waals surface area contributed by atoms with Gasteiger partial charge in [0.1, 0.15) is 6.10 Å². The van der Waals surface area contributed by atoms with Crippen LogP contribution >= 0.6 is 0 Å². The Hall–Kier alpha value is -0.790. The lowest BCUT2D eigenvalue weighted by atomic mass is 10.0. The molecule has 0 saturated carbocycles. The third-order valence-corrected chi connectivity index (χ3v) is 4.17. The molecule has 0 saturated heterocycles. The zero-order valence-electron chi connectivity index (χ0n) is 13.5. The highest BCUT2D eigenvalue weighted by Gasteiger charge is 2.23. The maximum absolute atomic E-state index is 11.2. The van der Waals surface area contributed by atoms with Crippen LogP contribution in [0.4, 0.5) is 0 Å². The van der Waals surface area contributed by atoms with Crippen molar-refractivity contribution in [1.29, 1.82) is 0 Å². The molecule has 1 aliphatic rings. The van der Waals surface area contributed by atoms with Crippen LogP contribution in [-0.2, 0) is 9.53 Å². The van der Waals surface area contributed by atoms with Gasteiger partial charge >= 0.3 is 5.97 Å². The van der Waals surface area contributed by atoms with Crippen LogP contribution in [0.3, 0.4) is 0 Å². The number of carbonyl (C=O) groups excluding carboxylic acids is 1. The van der Waals surface area contributed by atoms with Crippen LogP contribution < -0.4 is 0 Å². The number of hydrogen-bond acceptors (Lipinski definition) is 2. The van der Waals surface area contributed by atoms with Crippen molar-refractivity contribution < 1.29 is 9.53 Å². The van der Waals surface area contributed by atoms with Crippen LogP contribution in [0, 0.1) is 0 Å². The van der Waals surface area contributed by atoms with Gasteiger partial charge in [-0.15, -0.1) is 0 Å². The van der Waals surface area contributed by atoms with E-state index in [1.54, 1.807) is 6.08 Å². The first-order valence-corrected chi connectivity index (χ1v) is 8.69. The smallest absolute Gasteiger partial charge is 0.331 e. The topological polar surface area (TPSA) is 26.3 Å². The lowest BCUT2D eigenvalue weighted by Crippen LogP contribution is -2.09. The summed E-state index contributed by atoms with van der Waals surface area (Å²) in [4.78, 5) is 11.2. The second-order valence-electron chi connectivity index (χ2n) is 5.99. The van der Waals surface area contributed by atoms with Gasteiger partial charge in [-0.25, -0.2) is 4.79 Å². The third kappa shape index (κ3) is 7.12. The van der Waals surface area contributed by atoms with E-state index in [9.17, 15) is 4.79 Å². The summed E-state index contributed by atoms with van der Waals surface area (Å²) in [5, 5.41) is 0. The summed E-state index contributed by atoms with van der Waals surface area (Å²) in [6.07, 6.45) is 17.3. The molecule has 1 rings (SSSR count). The Morgan fingerprint density at radius 1 is 0.900 bits per heavy atom. The molecule has 1 aliphatic heterocycles. The van der Waals surface area contributed by atoms with Crippen molar-refractivity contribution in [3.8, 4) is 0 Å². The van der Waals surface area contributed by atoms with E-state index in [4.69, 9.17) is 4.74 Å². The van der Waals surface area contributed by atoms with Crippen LogP contribution in [0.2, 0.25) is 0 Å². The summed E-state index contributed by atoms with van der Waals surface area (Å²) < 4.78 is 5.23. The van der Waals surface area contributed by atoms with Crippen molar-refractivity contribution in [1.82, 2.24) is 0 Å². The van der Waals surface area contributed by atoms with Crippen molar-refractivity contribution in [3.05, 3.63) is 11.6 Å². The van der Waals surface area contributed by atoms with Crippen molar-refractivity contribution in [2.75, 3.05) is 0 Å². The highest BCUT2D eigenvalue weighted by Crippen LogP contribution is 2.24. The molecule has 0 amide bonds. The van der Waals surface area contributed by atoms with E-state index in [0.717, 1.165) is 12.8 Å². The largest absolute Gasteiger partial charge is 0.455 e. The van der Waals surface area contributed by atoms with E-state index in [0.29, 0.717) is 0 Å². The molecule has 2 heteroatoms. The Kier molecular flexibility index (Phi) is 9.44. The van der Waals surface area contributed by atoms with Crippen molar-refractivity contribution in [2.45, 2.75) is 97.0 Å². The van der Waals surface area contributed by atoms with Gasteiger partial charge in [0.05, 0.1) is 0 Å². The summed E-state index contributed by atoms with van der Waals surface area (Å²) in [5.74, 6) is -0.140. The Balaban J connectivity index is 1.92. The van der Waals surface area contributed by atoms with Gasteiger partial charge in [0, 0.05) is 6.08 Å². The van der Waals surface area contributed by atoms with E-state index < -0.39 is 0 Å². The molecule has 0 bridgehead atoms. The van der Waals surface area contributed by atoms with E-state index in [2.05, 4.69) is 13.8 Å². The maximum atomic E-state index is 11.2. The van der Waals surface area contributed by atoms with Crippen molar-refractivity contribution in [2.24, 2.45) is 0 Å². The molecular formula is C18H32O2. The van der Waals surface area contributed by atoms with E-state index in [-0.39, 0.29) is 12.1 Å². The van der Waals surface area contributed by atoms with E-state index in [1.165, 1.54) is 69.8 Å². The fourth-order valence-corrected chi connectivity index (χ4v) is 2.89. The van der Waals surface area contributed by atoms with Gasteiger partial charge < -0.3 is 4.74 Å². The molecule has 0 aromatic rings. The molecule has 116 valence electrons. The van der Waals surface area contributed by atoms with Crippen molar-refractivity contribution in [3.63, 3.8) is 0 Å². The molecule has 0 aromatic carbocycles. The SMILES string of the molecule is CCCCCCCCCCCCC1=CC(=O)OC1CC. The molecule has 1 unspecified atom stereocenters. The fraction of sp³-hybridized carbons (Fsp3) is 0.833. The molecule has 0 spiro atoms. The van der Waals surface area contributed by atoms with Crippen molar-refractivity contribution >= 4 is 5.97 Å². The van der Waals surface area contributed by atoms with Gasteiger partial charge in [0.15, 0.2) is 0 Å². The second kappa shape index (κ2) is 10.9. The predicted molar refractivity (Wildman–Crippen MR) is 84.7 cm³/mol.